The van der Waals surface area contributed by atoms with Crippen molar-refractivity contribution in [3.05, 3.63) is 23.3 Å². The van der Waals surface area contributed by atoms with Crippen LogP contribution in [0.5, 0.6) is 5.75 Å². The summed E-state index contributed by atoms with van der Waals surface area (Å²) in [5, 5.41) is 0. The van der Waals surface area contributed by atoms with E-state index < -0.39 is 9.05 Å². The minimum atomic E-state index is -3.68. The number of hydrogen-bond acceptors (Lipinski definition) is 3. The van der Waals surface area contributed by atoms with Gasteiger partial charge in [0, 0.05) is 10.7 Å². The highest BCUT2D eigenvalue weighted by Gasteiger charge is 2.15. The predicted molar refractivity (Wildman–Crippen MR) is 64.7 cm³/mol. The van der Waals surface area contributed by atoms with Crippen molar-refractivity contribution in [1.29, 1.82) is 0 Å². The zero-order valence-electron chi connectivity index (χ0n) is 9.58. The topological polar surface area (TPSA) is 43.4 Å². The Morgan fingerprint density at radius 1 is 1.25 bits per heavy atom. The van der Waals surface area contributed by atoms with Crippen molar-refractivity contribution < 1.29 is 13.2 Å². The van der Waals surface area contributed by atoms with Crippen LogP contribution in [0.25, 0.3) is 0 Å². The Labute approximate surface area is 101 Å². The summed E-state index contributed by atoms with van der Waals surface area (Å²) in [6.07, 6.45) is 0.911. The van der Waals surface area contributed by atoms with Gasteiger partial charge in [-0.05, 0) is 43.5 Å². The molecule has 90 valence electrons. The molecule has 0 unspecified atom stereocenters. The van der Waals surface area contributed by atoms with E-state index in [-0.39, 0.29) is 4.90 Å². The van der Waals surface area contributed by atoms with E-state index in [1.807, 2.05) is 6.92 Å². The average molecular weight is 263 g/mol. The highest BCUT2D eigenvalue weighted by atomic mass is 35.7. The minimum Gasteiger partial charge on any atom is -0.493 e. The van der Waals surface area contributed by atoms with Gasteiger partial charge in [-0.2, -0.15) is 0 Å². The maximum absolute atomic E-state index is 11.3. The standard InChI is InChI=1S/C11H15ClO3S/c1-4-5-15-10-6-9(3)11(7-8(10)2)16(12,13)14/h6-7H,4-5H2,1-3H3. The zero-order valence-corrected chi connectivity index (χ0v) is 11.2. The van der Waals surface area contributed by atoms with Gasteiger partial charge in [0.2, 0.25) is 0 Å². The molecular weight excluding hydrogens is 248 g/mol. The van der Waals surface area contributed by atoms with Crippen LogP contribution in [0.15, 0.2) is 17.0 Å². The van der Waals surface area contributed by atoms with Crippen LogP contribution < -0.4 is 4.74 Å². The van der Waals surface area contributed by atoms with Crippen molar-refractivity contribution in [1.82, 2.24) is 0 Å². The number of rotatable bonds is 4. The summed E-state index contributed by atoms with van der Waals surface area (Å²) in [6, 6.07) is 3.25. The van der Waals surface area contributed by atoms with Gasteiger partial charge in [0.15, 0.2) is 0 Å². The van der Waals surface area contributed by atoms with Gasteiger partial charge in [-0.15, -0.1) is 0 Å². The van der Waals surface area contributed by atoms with Crippen molar-refractivity contribution in [3.8, 4) is 5.75 Å². The van der Waals surface area contributed by atoms with E-state index in [0.29, 0.717) is 17.9 Å². The molecule has 0 spiro atoms. The van der Waals surface area contributed by atoms with Gasteiger partial charge in [0.25, 0.3) is 9.05 Å². The van der Waals surface area contributed by atoms with Gasteiger partial charge >= 0.3 is 0 Å². The Morgan fingerprint density at radius 3 is 2.38 bits per heavy atom. The number of halogens is 1. The smallest absolute Gasteiger partial charge is 0.261 e. The molecule has 0 aliphatic carbocycles. The molecule has 1 aromatic rings. The first-order chi connectivity index (χ1) is 7.36. The lowest BCUT2D eigenvalue weighted by molar-refractivity contribution is 0.315. The third-order valence-electron chi connectivity index (χ3n) is 2.20. The van der Waals surface area contributed by atoms with Crippen LogP contribution >= 0.6 is 10.7 Å². The van der Waals surface area contributed by atoms with Gasteiger partial charge in [-0.3, -0.25) is 0 Å². The molecule has 0 aromatic heterocycles. The van der Waals surface area contributed by atoms with E-state index in [4.69, 9.17) is 15.4 Å². The molecule has 0 atom stereocenters. The van der Waals surface area contributed by atoms with Gasteiger partial charge < -0.3 is 4.74 Å². The fourth-order valence-corrected chi connectivity index (χ4v) is 2.65. The number of benzene rings is 1. The molecule has 0 N–H and O–H groups in total. The van der Waals surface area contributed by atoms with Crippen LogP contribution in [0.4, 0.5) is 0 Å². The summed E-state index contributed by atoms with van der Waals surface area (Å²) < 4.78 is 28.0. The lowest BCUT2D eigenvalue weighted by atomic mass is 10.1. The maximum Gasteiger partial charge on any atom is 0.261 e. The Balaban J connectivity index is 3.17. The monoisotopic (exact) mass is 262 g/mol. The molecule has 0 heterocycles. The summed E-state index contributed by atoms with van der Waals surface area (Å²) in [7, 11) is 1.65. The molecule has 16 heavy (non-hydrogen) atoms. The average Bonchev–Trinajstić information content (AvgIpc) is 2.17. The number of hydrogen-bond donors (Lipinski definition) is 0. The first kappa shape index (κ1) is 13.3. The highest BCUT2D eigenvalue weighted by molar-refractivity contribution is 8.13. The van der Waals surface area contributed by atoms with Crippen molar-refractivity contribution in [2.24, 2.45) is 0 Å². The summed E-state index contributed by atoms with van der Waals surface area (Å²) in [5.41, 5.74) is 1.38. The van der Waals surface area contributed by atoms with E-state index in [9.17, 15) is 8.42 Å². The van der Waals surface area contributed by atoms with Gasteiger partial charge in [-0.1, -0.05) is 6.92 Å². The van der Waals surface area contributed by atoms with E-state index in [1.165, 1.54) is 0 Å². The third-order valence-corrected chi connectivity index (χ3v) is 3.66. The molecule has 0 fully saturated rings. The summed E-state index contributed by atoms with van der Waals surface area (Å²) in [4.78, 5) is 0.149. The van der Waals surface area contributed by atoms with Crippen LogP contribution in [0.1, 0.15) is 24.5 Å². The predicted octanol–water partition coefficient (Wildman–Crippen LogP) is 3.02. The number of aryl methyl sites for hydroxylation is 2. The quantitative estimate of drug-likeness (QED) is 0.784. The lowest BCUT2D eigenvalue weighted by Gasteiger charge is -2.11. The van der Waals surface area contributed by atoms with Crippen LogP contribution in [-0.4, -0.2) is 15.0 Å². The zero-order chi connectivity index (χ0) is 12.3. The van der Waals surface area contributed by atoms with E-state index >= 15 is 0 Å². The van der Waals surface area contributed by atoms with Crippen LogP contribution in [0, 0.1) is 13.8 Å². The van der Waals surface area contributed by atoms with Crippen LogP contribution in [-0.2, 0) is 9.05 Å². The number of ether oxygens (including phenoxy) is 1. The first-order valence-corrected chi connectivity index (χ1v) is 7.36. The highest BCUT2D eigenvalue weighted by Crippen LogP contribution is 2.27. The Kier molecular flexibility index (Phi) is 4.21. The SMILES string of the molecule is CCCOc1cc(C)c(S(=O)(=O)Cl)cc1C. The van der Waals surface area contributed by atoms with Gasteiger partial charge in [0.05, 0.1) is 11.5 Å². The first-order valence-electron chi connectivity index (χ1n) is 5.05. The van der Waals surface area contributed by atoms with Crippen molar-refractivity contribution >= 4 is 19.7 Å². The molecule has 0 saturated heterocycles. The van der Waals surface area contributed by atoms with Crippen molar-refractivity contribution in [3.63, 3.8) is 0 Å². The lowest BCUT2D eigenvalue weighted by Crippen LogP contribution is -2.01. The van der Waals surface area contributed by atoms with Gasteiger partial charge in [0.1, 0.15) is 5.75 Å². The summed E-state index contributed by atoms with van der Waals surface area (Å²) >= 11 is 0. The largest absolute Gasteiger partial charge is 0.493 e. The van der Waals surface area contributed by atoms with Crippen LogP contribution in [0.3, 0.4) is 0 Å². The molecule has 0 radical (unpaired) electrons. The van der Waals surface area contributed by atoms with Crippen molar-refractivity contribution in [2.75, 3.05) is 6.61 Å². The normalized spacial score (nSPS) is 11.5. The second-order valence-corrected chi connectivity index (χ2v) is 6.20. The minimum absolute atomic E-state index is 0.149. The molecular formula is C11H15ClO3S. The molecule has 0 amide bonds. The molecule has 1 rings (SSSR count). The van der Waals surface area contributed by atoms with Crippen LogP contribution in [0.2, 0.25) is 0 Å². The van der Waals surface area contributed by atoms with E-state index in [1.54, 1.807) is 26.0 Å². The summed E-state index contributed by atoms with van der Waals surface area (Å²) in [5.74, 6) is 0.711. The summed E-state index contributed by atoms with van der Waals surface area (Å²) in [6.45, 7) is 6.14. The Hall–Kier alpha value is -0.740. The fourth-order valence-electron chi connectivity index (χ4n) is 1.39. The van der Waals surface area contributed by atoms with Gasteiger partial charge in [-0.25, -0.2) is 8.42 Å². The molecule has 0 saturated carbocycles. The van der Waals surface area contributed by atoms with E-state index in [0.717, 1.165) is 12.0 Å². The molecule has 0 bridgehead atoms. The second kappa shape index (κ2) is 5.06. The Morgan fingerprint density at radius 2 is 1.88 bits per heavy atom. The second-order valence-electron chi connectivity index (χ2n) is 3.67. The molecule has 1 aromatic carbocycles. The van der Waals surface area contributed by atoms with Crippen molar-refractivity contribution in [2.45, 2.75) is 32.1 Å². The molecule has 5 heteroatoms. The molecule has 3 nitrogen and oxygen atoms in total. The van der Waals surface area contributed by atoms with E-state index in [2.05, 4.69) is 0 Å². The molecule has 0 aliphatic heterocycles. The Bertz CT molecular complexity index is 480. The molecule has 0 aliphatic rings. The third kappa shape index (κ3) is 3.12. The maximum atomic E-state index is 11.3. The fraction of sp³-hybridized carbons (Fsp3) is 0.455.